The van der Waals surface area contributed by atoms with Crippen molar-refractivity contribution in [3.63, 3.8) is 0 Å². The van der Waals surface area contributed by atoms with Crippen LogP contribution >= 0.6 is 0 Å². The molecule has 3 rings (SSSR count). The molecule has 2 amide bonds. The minimum absolute atomic E-state index is 0.0236. The average molecular weight is 460 g/mol. The van der Waals surface area contributed by atoms with Crippen LogP contribution in [0.1, 0.15) is 69.3 Å². The fourth-order valence-electron chi connectivity index (χ4n) is 5.51. The predicted molar refractivity (Wildman–Crippen MR) is 134 cm³/mol. The second-order valence-corrected chi connectivity index (χ2v) is 9.80. The van der Waals surface area contributed by atoms with Crippen molar-refractivity contribution in [2.45, 2.75) is 75.9 Å². The number of unbranched alkanes of at least 4 members (excludes halogenated alkanes) is 1. The van der Waals surface area contributed by atoms with Gasteiger partial charge in [0.15, 0.2) is 0 Å². The van der Waals surface area contributed by atoms with Gasteiger partial charge in [0, 0.05) is 45.3 Å². The molecule has 1 aromatic carbocycles. The largest absolute Gasteiger partial charge is 0.385 e. The first-order valence-corrected chi connectivity index (χ1v) is 13.1. The van der Waals surface area contributed by atoms with Crippen LogP contribution in [-0.4, -0.2) is 70.1 Å². The Morgan fingerprint density at radius 1 is 1.18 bits per heavy atom. The molecule has 2 fully saturated rings. The Labute approximate surface area is 200 Å². The van der Waals surface area contributed by atoms with Gasteiger partial charge in [-0.3, -0.25) is 0 Å². The van der Waals surface area contributed by atoms with Gasteiger partial charge >= 0.3 is 6.03 Å². The zero-order valence-electron chi connectivity index (χ0n) is 20.8. The summed E-state index contributed by atoms with van der Waals surface area (Å²) < 4.78 is 11.5. The molecule has 6 nitrogen and oxygen atoms in total. The van der Waals surface area contributed by atoms with Crippen molar-refractivity contribution >= 4 is 6.03 Å². The number of urea groups is 1. The van der Waals surface area contributed by atoms with Gasteiger partial charge in [-0.2, -0.15) is 0 Å². The molecule has 1 saturated carbocycles. The van der Waals surface area contributed by atoms with E-state index in [0.29, 0.717) is 19.7 Å². The highest BCUT2D eigenvalue weighted by molar-refractivity contribution is 5.74. The first-order valence-electron chi connectivity index (χ1n) is 13.1. The van der Waals surface area contributed by atoms with Crippen molar-refractivity contribution in [1.29, 1.82) is 0 Å². The second kappa shape index (κ2) is 14.6. The van der Waals surface area contributed by atoms with Gasteiger partial charge < -0.3 is 25.0 Å². The van der Waals surface area contributed by atoms with Gasteiger partial charge in [0.05, 0.1) is 12.7 Å². The summed E-state index contributed by atoms with van der Waals surface area (Å²) in [5.74, 6) is 1.03. The van der Waals surface area contributed by atoms with Gasteiger partial charge in [-0.05, 0) is 37.8 Å². The molecule has 3 atom stereocenters. The van der Waals surface area contributed by atoms with Crippen molar-refractivity contribution in [3.8, 4) is 0 Å². The Morgan fingerprint density at radius 3 is 2.70 bits per heavy atom. The topological polar surface area (TPSA) is 62.8 Å². The maximum absolute atomic E-state index is 13.2. The molecular formula is C27H45N3O3. The van der Waals surface area contributed by atoms with E-state index < -0.39 is 0 Å². The number of morpholine rings is 1. The van der Waals surface area contributed by atoms with E-state index in [1.54, 1.807) is 7.11 Å². The van der Waals surface area contributed by atoms with E-state index >= 15 is 0 Å². The molecule has 1 saturated heterocycles. The summed E-state index contributed by atoms with van der Waals surface area (Å²) in [6, 6.07) is 10.9. The first kappa shape index (κ1) is 26.0. The van der Waals surface area contributed by atoms with Crippen molar-refractivity contribution in [2.75, 3.05) is 47.0 Å². The molecule has 1 aromatic rings. The van der Waals surface area contributed by atoms with E-state index in [2.05, 4.69) is 41.0 Å². The number of benzene rings is 1. The van der Waals surface area contributed by atoms with Gasteiger partial charge in [0.1, 0.15) is 0 Å². The number of methoxy groups -OCH3 is 1. The van der Waals surface area contributed by atoms with Crippen LogP contribution in [0.4, 0.5) is 4.79 Å². The smallest absolute Gasteiger partial charge is 0.317 e. The molecular weight excluding hydrogens is 414 g/mol. The van der Waals surface area contributed by atoms with Gasteiger partial charge in [0.2, 0.25) is 0 Å². The number of amides is 2. The second-order valence-electron chi connectivity index (χ2n) is 9.80. The number of hydrogen-bond donors (Lipinski definition) is 2. The molecule has 6 heteroatoms. The monoisotopic (exact) mass is 459 g/mol. The van der Waals surface area contributed by atoms with E-state index in [1.807, 2.05) is 11.9 Å². The van der Waals surface area contributed by atoms with Crippen LogP contribution in [0.3, 0.4) is 0 Å². The fraction of sp³-hybridized carbons (Fsp3) is 0.741. The van der Waals surface area contributed by atoms with Crippen LogP contribution in [0, 0.1) is 5.92 Å². The molecule has 2 N–H and O–H groups in total. The minimum atomic E-state index is 0.0236. The standard InChI is InChI=1S/C27H45N3O3/c1-28-20-24(19-22-11-5-3-6-12-22)29-27(31)30-16-18-33-26(21-30)25(15-9-10-17-32-2)23-13-7-4-8-14-23/h4,7-8,13-14,22,24-26,28H,3,5-6,9-12,15-21H2,1-2H3,(H,29,31)/t24-,25+,26+/m0/s1. The Balaban J connectivity index is 1.59. The molecule has 186 valence electrons. The molecule has 0 unspecified atom stereocenters. The van der Waals surface area contributed by atoms with Crippen molar-refractivity contribution < 1.29 is 14.3 Å². The van der Waals surface area contributed by atoms with Crippen LogP contribution in [0.15, 0.2) is 30.3 Å². The number of carbonyl (C=O) groups excluding carboxylic acids is 1. The summed E-state index contributed by atoms with van der Waals surface area (Å²) in [6.07, 6.45) is 10.9. The molecule has 0 spiro atoms. The normalized spacial score (nSPS) is 21.5. The van der Waals surface area contributed by atoms with Crippen LogP contribution in [0.2, 0.25) is 0 Å². The Bertz CT molecular complexity index is 666. The third-order valence-electron chi connectivity index (χ3n) is 7.29. The van der Waals surface area contributed by atoms with Crippen molar-refractivity contribution in [1.82, 2.24) is 15.5 Å². The third kappa shape index (κ3) is 8.58. The predicted octanol–water partition coefficient (Wildman–Crippen LogP) is 4.56. The molecule has 2 aliphatic rings. The number of hydrogen-bond acceptors (Lipinski definition) is 4. The van der Waals surface area contributed by atoms with E-state index in [0.717, 1.165) is 44.8 Å². The van der Waals surface area contributed by atoms with Crippen molar-refractivity contribution in [3.05, 3.63) is 35.9 Å². The van der Waals surface area contributed by atoms with Crippen LogP contribution < -0.4 is 10.6 Å². The Morgan fingerprint density at radius 2 is 1.97 bits per heavy atom. The minimum Gasteiger partial charge on any atom is -0.385 e. The summed E-state index contributed by atoms with van der Waals surface area (Å²) >= 11 is 0. The fourth-order valence-corrected chi connectivity index (χ4v) is 5.51. The lowest BCUT2D eigenvalue weighted by atomic mass is 9.85. The highest BCUT2D eigenvalue weighted by Crippen LogP contribution is 2.30. The lowest BCUT2D eigenvalue weighted by Crippen LogP contribution is -2.54. The first-order chi connectivity index (χ1) is 16.2. The van der Waals surface area contributed by atoms with Gasteiger partial charge in [-0.15, -0.1) is 0 Å². The summed E-state index contributed by atoms with van der Waals surface area (Å²) in [5, 5.41) is 6.63. The van der Waals surface area contributed by atoms with Crippen molar-refractivity contribution in [2.24, 2.45) is 5.92 Å². The number of carbonyl (C=O) groups is 1. The summed E-state index contributed by atoms with van der Waals surface area (Å²) in [7, 11) is 3.73. The molecule has 0 radical (unpaired) electrons. The summed E-state index contributed by atoms with van der Waals surface area (Å²) in [4.78, 5) is 15.2. The lowest BCUT2D eigenvalue weighted by molar-refractivity contribution is -0.0304. The maximum Gasteiger partial charge on any atom is 0.317 e. The summed E-state index contributed by atoms with van der Waals surface area (Å²) in [6.45, 7) is 3.50. The van der Waals surface area contributed by atoms with E-state index in [9.17, 15) is 4.79 Å². The summed E-state index contributed by atoms with van der Waals surface area (Å²) in [5.41, 5.74) is 1.30. The van der Waals surface area contributed by atoms with Gasteiger partial charge in [-0.25, -0.2) is 4.79 Å². The van der Waals surface area contributed by atoms with Crippen LogP contribution in [0.5, 0.6) is 0 Å². The highest BCUT2D eigenvalue weighted by Gasteiger charge is 2.32. The SMILES string of the molecule is CNC[C@H](CC1CCCCC1)NC(=O)N1CCO[C@@H]([C@H](CCCCOC)c2ccccc2)C1. The van der Waals surface area contributed by atoms with Gasteiger partial charge in [0.25, 0.3) is 0 Å². The molecule has 1 aliphatic heterocycles. The van der Waals surface area contributed by atoms with Crippen LogP contribution in [-0.2, 0) is 9.47 Å². The number of likely N-dealkylation sites (N-methyl/N-ethyl adjacent to an activating group) is 1. The van der Waals surface area contributed by atoms with E-state index in [-0.39, 0.29) is 24.1 Å². The Kier molecular flexibility index (Phi) is 11.5. The zero-order chi connectivity index (χ0) is 23.3. The molecule has 0 bridgehead atoms. The van der Waals surface area contributed by atoms with E-state index in [4.69, 9.17) is 9.47 Å². The van der Waals surface area contributed by atoms with Gasteiger partial charge in [-0.1, -0.05) is 68.9 Å². The molecule has 33 heavy (non-hydrogen) atoms. The average Bonchev–Trinajstić information content (AvgIpc) is 2.85. The number of nitrogens with one attached hydrogen (secondary N) is 2. The third-order valence-corrected chi connectivity index (χ3v) is 7.29. The number of rotatable bonds is 12. The molecule has 1 aliphatic carbocycles. The quantitative estimate of drug-likeness (QED) is 0.450. The number of nitrogens with zero attached hydrogens (tertiary/aromatic N) is 1. The van der Waals surface area contributed by atoms with Crippen LogP contribution in [0.25, 0.3) is 0 Å². The Hall–Kier alpha value is -1.63. The highest BCUT2D eigenvalue weighted by atomic mass is 16.5. The zero-order valence-corrected chi connectivity index (χ0v) is 20.8. The maximum atomic E-state index is 13.2. The molecule has 0 aromatic heterocycles. The number of ether oxygens (including phenoxy) is 2. The molecule has 1 heterocycles. The van der Waals surface area contributed by atoms with E-state index in [1.165, 1.54) is 37.7 Å². The lowest BCUT2D eigenvalue weighted by Gasteiger charge is -2.38.